The summed E-state index contributed by atoms with van der Waals surface area (Å²) >= 11 is 0. The number of aromatic nitrogens is 3. The van der Waals surface area contributed by atoms with Crippen LogP contribution in [0.25, 0.3) is 0 Å². The summed E-state index contributed by atoms with van der Waals surface area (Å²) in [5, 5.41) is 4.12. The molecule has 7 heteroatoms. The molecule has 100 valence electrons. The van der Waals surface area contributed by atoms with Crippen LogP contribution in [-0.4, -0.2) is 28.9 Å². The molecule has 3 N–H and O–H groups in total. The van der Waals surface area contributed by atoms with Gasteiger partial charge in [-0.25, -0.2) is 15.5 Å². The van der Waals surface area contributed by atoms with E-state index in [0.29, 0.717) is 18.1 Å². The van der Waals surface area contributed by atoms with Gasteiger partial charge in [0, 0.05) is 20.2 Å². The lowest BCUT2D eigenvalue weighted by molar-refractivity contribution is 0.627. The predicted molar refractivity (Wildman–Crippen MR) is 74.0 cm³/mol. The first-order valence-corrected chi connectivity index (χ1v) is 5.77. The second kappa shape index (κ2) is 5.49. The fourth-order valence-corrected chi connectivity index (χ4v) is 1.59. The van der Waals surface area contributed by atoms with Gasteiger partial charge in [-0.05, 0) is 12.1 Å². The van der Waals surface area contributed by atoms with E-state index in [4.69, 9.17) is 5.84 Å². The molecule has 19 heavy (non-hydrogen) atoms. The smallest absolute Gasteiger partial charge is 0.269 e. The van der Waals surface area contributed by atoms with Crippen LogP contribution < -0.4 is 21.7 Å². The summed E-state index contributed by atoms with van der Waals surface area (Å²) in [6.45, 7) is 0.308. The van der Waals surface area contributed by atoms with Gasteiger partial charge >= 0.3 is 0 Å². The summed E-state index contributed by atoms with van der Waals surface area (Å²) < 4.78 is 1.36. The monoisotopic (exact) mass is 260 g/mol. The van der Waals surface area contributed by atoms with Crippen molar-refractivity contribution in [3.8, 4) is 0 Å². The highest BCUT2D eigenvalue weighted by molar-refractivity contribution is 5.40. The maximum absolute atomic E-state index is 11.9. The Bertz CT molecular complexity index is 622. The average molecular weight is 260 g/mol. The molecule has 7 nitrogen and oxygen atoms in total. The van der Waals surface area contributed by atoms with E-state index in [-0.39, 0.29) is 5.56 Å². The minimum absolute atomic E-state index is 0.167. The summed E-state index contributed by atoms with van der Waals surface area (Å²) in [6.07, 6.45) is 1.65. The van der Waals surface area contributed by atoms with Crippen LogP contribution in [0.1, 0.15) is 5.69 Å². The number of hydrogen-bond donors (Lipinski definition) is 2. The van der Waals surface area contributed by atoms with Crippen LogP contribution >= 0.6 is 0 Å². The van der Waals surface area contributed by atoms with Crippen molar-refractivity contribution in [3.63, 3.8) is 0 Å². The van der Waals surface area contributed by atoms with Crippen LogP contribution in [0.3, 0.4) is 0 Å². The molecule has 0 aliphatic heterocycles. The third kappa shape index (κ3) is 3.08. The number of hydrazine groups is 1. The van der Waals surface area contributed by atoms with Gasteiger partial charge in [0.1, 0.15) is 5.82 Å². The number of nitrogens with zero attached hydrogens (tertiary/aromatic N) is 4. The van der Waals surface area contributed by atoms with E-state index < -0.39 is 0 Å². The molecular formula is C12H16N6O. The highest BCUT2D eigenvalue weighted by Crippen LogP contribution is 2.06. The highest BCUT2D eigenvalue weighted by atomic mass is 16.1. The number of hydrogen-bond acceptors (Lipinski definition) is 6. The molecule has 2 rings (SSSR count). The van der Waals surface area contributed by atoms with Gasteiger partial charge in [0.25, 0.3) is 5.56 Å². The van der Waals surface area contributed by atoms with E-state index >= 15 is 0 Å². The van der Waals surface area contributed by atoms with Crippen LogP contribution in [-0.2, 0) is 6.54 Å². The van der Waals surface area contributed by atoms with Crippen molar-refractivity contribution in [1.82, 2.24) is 14.8 Å². The normalized spacial score (nSPS) is 10.3. The Morgan fingerprint density at radius 3 is 2.84 bits per heavy atom. The number of nitrogens with two attached hydrogens (primary N) is 1. The molecule has 0 bridgehead atoms. The largest absolute Gasteiger partial charge is 0.376 e. The molecule has 2 heterocycles. The standard InChI is InChI=1S/C12H16N6O/c1-17(2)10-6-12(19)18(14-7-10)8-9-4-3-5-11(15-9)16-13/h3-7H,8,13H2,1-2H3,(H,15,16). The van der Waals surface area contributed by atoms with E-state index in [9.17, 15) is 4.79 Å². The van der Waals surface area contributed by atoms with Crippen LogP contribution in [0.15, 0.2) is 35.3 Å². The molecule has 2 aromatic rings. The molecule has 0 atom stereocenters. The molecular weight excluding hydrogens is 244 g/mol. The summed E-state index contributed by atoms with van der Waals surface area (Å²) in [4.78, 5) is 18.0. The van der Waals surface area contributed by atoms with Crippen molar-refractivity contribution >= 4 is 11.5 Å². The molecule has 0 aliphatic carbocycles. The third-order valence-corrected chi connectivity index (χ3v) is 2.64. The third-order valence-electron chi connectivity index (χ3n) is 2.64. The number of nitrogen functional groups attached to an aromatic ring is 1. The Morgan fingerprint density at radius 2 is 2.21 bits per heavy atom. The molecule has 0 saturated heterocycles. The van der Waals surface area contributed by atoms with Gasteiger partial charge in [-0.3, -0.25) is 4.79 Å². The Morgan fingerprint density at radius 1 is 1.42 bits per heavy atom. The molecule has 0 unspecified atom stereocenters. The van der Waals surface area contributed by atoms with Gasteiger partial charge in [-0.15, -0.1) is 0 Å². The van der Waals surface area contributed by atoms with Gasteiger partial charge in [-0.1, -0.05) is 6.07 Å². The molecule has 0 spiro atoms. The second-order valence-corrected chi connectivity index (χ2v) is 4.26. The minimum Gasteiger partial charge on any atom is -0.376 e. The van der Waals surface area contributed by atoms with Crippen molar-refractivity contribution in [1.29, 1.82) is 0 Å². The lowest BCUT2D eigenvalue weighted by atomic mass is 10.3. The summed E-state index contributed by atoms with van der Waals surface area (Å²) in [5.74, 6) is 5.84. The quantitative estimate of drug-likeness (QED) is 0.596. The second-order valence-electron chi connectivity index (χ2n) is 4.26. The van der Waals surface area contributed by atoms with Gasteiger partial charge in [0.05, 0.1) is 24.1 Å². The van der Waals surface area contributed by atoms with Crippen LogP contribution in [0.4, 0.5) is 11.5 Å². The van der Waals surface area contributed by atoms with Crippen molar-refractivity contribution < 1.29 is 0 Å². The number of anilines is 2. The van der Waals surface area contributed by atoms with E-state index in [0.717, 1.165) is 5.69 Å². The number of rotatable bonds is 4. The zero-order valence-electron chi connectivity index (χ0n) is 10.9. The topological polar surface area (TPSA) is 89.1 Å². The number of pyridine rings is 1. The molecule has 0 aliphatic rings. The van der Waals surface area contributed by atoms with Gasteiger partial charge in [-0.2, -0.15) is 5.10 Å². The lowest BCUT2D eigenvalue weighted by Crippen LogP contribution is -2.25. The zero-order valence-corrected chi connectivity index (χ0v) is 10.9. The van der Waals surface area contributed by atoms with Gasteiger partial charge < -0.3 is 10.3 Å². The van der Waals surface area contributed by atoms with Gasteiger partial charge in [0.2, 0.25) is 0 Å². The Kier molecular flexibility index (Phi) is 3.76. The first kappa shape index (κ1) is 13.0. The predicted octanol–water partition coefficient (Wildman–Crippen LogP) is 0.0382. The highest BCUT2D eigenvalue weighted by Gasteiger charge is 2.04. The Balaban J connectivity index is 2.26. The maximum Gasteiger partial charge on any atom is 0.269 e. The molecule has 0 radical (unpaired) electrons. The lowest BCUT2D eigenvalue weighted by Gasteiger charge is -2.12. The van der Waals surface area contributed by atoms with E-state index in [1.54, 1.807) is 12.3 Å². The van der Waals surface area contributed by atoms with Crippen molar-refractivity contribution in [2.75, 3.05) is 24.4 Å². The zero-order chi connectivity index (χ0) is 13.8. The summed E-state index contributed by atoms with van der Waals surface area (Å²) in [5.41, 5.74) is 3.78. The molecule has 0 amide bonds. The van der Waals surface area contributed by atoms with E-state index in [2.05, 4.69) is 15.5 Å². The van der Waals surface area contributed by atoms with E-state index in [1.807, 2.05) is 31.1 Å². The maximum atomic E-state index is 11.9. The first-order chi connectivity index (χ1) is 9.10. The molecule has 0 saturated carbocycles. The molecule has 2 aromatic heterocycles. The van der Waals surface area contributed by atoms with Crippen LogP contribution in [0.5, 0.6) is 0 Å². The van der Waals surface area contributed by atoms with Crippen molar-refractivity contribution in [3.05, 3.63) is 46.5 Å². The first-order valence-electron chi connectivity index (χ1n) is 5.77. The Labute approximate surface area is 110 Å². The number of nitrogens with one attached hydrogen (secondary N) is 1. The fraction of sp³-hybridized carbons (Fsp3) is 0.250. The van der Waals surface area contributed by atoms with Gasteiger partial charge in [0.15, 0.2) is 0 Å². The average Bonchev–Trinajstić information content (AvgIpc) is 2.41. The minimum atomic E-state index is -0.167. The summed E-state index contributed by atoms with van der Waals surface area (Å²) in [6, 6.07) is 6.92. The van der Waals surface area contributed by atoms with Crippen LogP contribution in [0, 0.1) is 0 Å². The van der Waals surface area contributed by atoms with Crippen molar-refractivity contribution in [2.45, 2.75) is 6.54 Å². The van der Waals surface area contributed by atoms with Crippen molar-refractivity contribution in [2.24, 2.45) is 5.84 Å². The molecule has 0 aromatic carbocycles. The molecule has 0 fully saturated rings. The Hall–Kier alpha value is -2.41. The summed E-state index contributed by atoms with van der Waals surface area (Å²) in [7, 11) is 3.72. The van der Waals surface area contributed by atoms with Crippen LogP contribution in [0.2, 0.25) is 0 Å². The fourth-order valence-electron chi connectivity index (χ4n) is 1.59. The SMILES string of the molecule is CN(C)c1cnn(Cc2cccc(NN)n2)c(=O)c1. The van der Waals surface area contributed by atoms with E-state index in [1.165, 1.54) is 10.7 Å².